The van der Waals surface area contributed by atoms with Gasteiger partial charge in [0, 0.05) is 12.3 Å². The minimum absolute atomic E-state index is 0.126. The van der Waals surface area contributed by atoms with Gasteiger partial charge in [-0.25, -0.2) is 4.79 Å². The van der Waals surface area contributed by atoms with E-state index in [0.29, 0.717) is 16.5 Å². The normalized spacial score (nSPS) is 11.4. The van der Waals surface area contributed by atoms with Crippen LogP contribution in [0.1, 0.15) is 48.5 Å². The number of methoxy groups -OCH3 is 1. The van der Waals surface area contributed by atoms with E-state index >= 15 is 0 Å². The van der Waals surface area contributed by atoms with Gasteiger partial charge in [0.15, 0.2) is 5.78 Å². The zero-order valence-electron chi connectivity index (χ0n) is 14.4. The summed E-state index contributed by atoms with van der Waals surface area (Å²) in [6, 6.07) is 4.73. The number of fused-ring (bicyclic) bond motifs is 1. The monoisotopic (exact) mass is 332 g/mol. The van der Waals surface area contributed by atoms with Gasteiger partial charge in [0.2, 0.25) is 0 Å². The molecule has 0 radical (unpaired) electrons. The maximum atomic E-state index is 12.0. The zero-order chi connectivity index (χ0) is 18.1. The van der Waals surface area contributed by atoms with E-state index in [-0.39, 0.29) is 18.0 Å². The van der Waals surface area contributed by atoms with Crippen LogP contribution in [0.2, 0.25) is 0 Å². The highest BCUT2D eigenvalue weighted by molar-refractivity contribution is 6.06. The molecule has 0 amide bonds. The molecule has 1 aromatic carbocycles. The molecule has 0 aliphatic carbocycles. The van der Waals surface area contributed by atoms with Crippen molar-refractivity contribution in [2.75, 3.05) is 7.11 Å². The largest absolute Gasteiger partial charge is 0.465 e. The van der Waals surface area contributed by atoms with E-state index in [2.05, 4.69) is 9.84 Å². The molecular weight excluding hydrogens is 312 g/mol. The van der Waals surface area contributed by atoms with Crippen molar-refractivity contribution >= 4 is 28.6 Å². The number of aromatic nitrogens is 2. The Morgan fingerprint density at radius 2 is 1.88 bits per heavy atom. The first kappa shape index (κ1) is 17.7. The van der Waals surface area contributed by atoms with Gasteiger partial charge in [0.1, 0.15) is 17.8 Å². The number of ether oxygens (including phenoxy) is 2. The van der Waals surface area contributed by atoms with Gasteiger partial charge in [-0.2, -0.15) is 5.10 Å². The number of hydrogen-bond acceptors (Lipinski definition) is 6. The maximum absolute atomic E-state index is 12.0. The number of esters is 2. The van der Waals surface area contributed by atoms with Crippen LogP contribution in [-0.4, -0.2) is 40.2 Å². The molecule has 1 heterocycles. The van der Waals surface area contributed by atoms with E-state index in [9.17, 15) is 14.4 Å². The molecule has 0 bridgehead atoms. The summed E-state index contributed by atoms with van der Waals surface area (Å²) in [4.78, 5) is 35.5. The third kappa shape index (κ3) is 3.79. The predicted octanol–water partition coefficient (Wildman–Crippen LogP) is 2.37. The molecule has 7 heteroatoms. The molecule has 0 N–H and O–H groups in total. The fraction of sp³-hybridized carbons (Fsp3) is 0.412. The highest BCUT2D eigenvalue weighted by Gasteiger charge is 2.21. The highest BCUT2D eigenvalue weighted by atomic mass is 16.6. The van der Waals surface area contributed by atoms with E-state index in [1.807, 2.05) is 0 Å². The second-order valence-electron chi connectivity index (χ2n) is 6.37. The third-order valence-electron chi connectivity index (χ3n) is 3.20. The lowest BCUT2D eigenvalue weighted by Gasteiger charge is -2.19. The van der Waals surface area contributed by atoms with E-state index in [0.717, 1.165) is 0 Å². The van der Waals surface area contributed by atoms with Crippen LogP contribution in [0.25, 0.3) is 10.9 Å². The molecular formula is C17H20N2O5. The molecule has 24 heavy (non-hydrogen) atoms. The van der Waals surface area contributed by atoms with E-state index in [1.54, 1.807) is 32.9 Å². The van der Waals surface area contributed by atoms with Gasteiger partial charge in [-0.05, 0) is 39.0 Å². The van der Waals surface area contributed by atoms with Crippen LogP contribution >= 0.6 is 0 Å². The average Bonchev–Trinajstić information content (AvgIpc) is 2.82. The summed E-state index contributed by atoms with van der Waals surface area (Å²) in [6.07, 6.45) is 0. The van der Waals surface area contributed by atoms with Crippen molar-refractivity contribution in [2.45, 2.75) is 39.8 Å². The van der Waals surface area contributed by atoms with Gasteiger partial charge in [-0.1, -0.05) is 0 Å². The van der Waals surface area contributed by atoms with Crippen LogP contribution in [0.15, 0.2) is 18.2 Å². The Kier molecular flexibility index (Phi) is 4.73. The standard InChI is InChI=1S/C17H20N2O5/c1-10(20)15-12-8-11(16(22)23-5)6-7-13(12)19(18-15)9-14(21)24-17(2,3)4/h6-8H,9H2,1-5H3. The fourth-order valence-corrected chi connectivity index (χ4v) is 2.30. The SMILES string of the molecule is COC(=O)c1ccc2c(c1)c(C(C)=O)nn2CC(=O)OC(C)(C)C. The van der Waals surface area contributed by atoms with Crippen LogP contribution in [0.4, 0.5) is 0 Å². The Bertz CT molecular complexity index is 814. The summed E-state index contributed by atoms with van der Waals surface area (Å²) in [5.41, 5.74) is 0.462. The maximum Gasteiger partial charge on any atom is 0.337 e. The second kappa shape index (κ2) is 6.43. The molecule has 2 aromatic rings. The molecule has 2 rings (SSSR count). The Morgan fingerprint density at radius 3 is 2.42 bits per heavy atom. The fourth-order valence-electron chi connectivity index (χ4n) is 2.30. The van der Waals surface area contributed by atoms with Crippen LogP contribution in [0, 0.1) is 0 Å². The lowest BCUT2D eigenvalue weighted by atomic mass is 10.1. The molecule has 7 nitrogen and oxygen atoms in total. The summed E-state index contributed by atoms with van der Waals surface area (Å²) < 4.78 is 11.4. The molecule has 0 saturated carbocycles. The topological polar surface area (TPSA) is 87.5 Å². The first-order chi connectivity index (χ1) is 11.1. The smallest absolute Gasteiger partial charge is 0.337 e. The molecule has 0 spiro atoms. The minimum Gasteiger partial charge on any atom is -0.465 e. The summed E-state index contributed by atoms with van der Waals surface area (Å²) in [5, 5.41) is 4.69. The molecule has 128 valence electrons. The summed E-state index contributed by atoms with van der Waals surface area (Å²) >= 11 is 0. The predicted molar refractivity (Wildman–Crippen MR) is 86.9 cm³/mol. The Hall–Kier alpha value is -2.70. The minimum atomic E-state index is -0.610. The molecule has 1 aromatic heterocycles. The lowest BCUT2D eigenvalue weighted by Crippen LogP contribution is -2.26. The first-order valence-electron chi connectivity index (χ1n) is 7.44. The summed E-state index contributed by atoms with van der Waals surface area (Å²) in [5.74, 6) is -1.23. The van der Waals surface area contributed by atoms with Crippen molar-refractivity contribution in [1.82, 2.24) is 9.78 Å². The number of hydrogen-bond donors (Lipinski definition) is 0. The van der Waals surface area contributed by atoms with Gasteiger partial charge in [-0.15, -0.1) is 0 Å². The van der Waals surface area contributed by atoms with Gasteiger partial charge < -0.3 is 9.47 Å². The molecule has 0 aliphatic heterocycles. The molecule has 0 saturated heterocycles. The number of ketones is 1. The van der Waals surface area contributed by atoms with Crippen molar-refractivity contribution in [3.63, 3.8) is 0 Å². The molecule has 0 fully saturated rings. The van der Waals surface area contributed by atoms with Crippen molar-refractivity contribution in [3.05, 3.63) is 29.5 Å². The Morgan fingerprint density at radius 1 is 1.21 bits per heavy atom. The van der Waals surface area contributed by atoms with Crippen molar-refractivity contribution in [3.8, 4) is 0 Å². The second-order valence-corrected chi connectivity index (χ2v) is 6.37. The average molecular weight is 332 g/mol. The van der Waals surface area contributed by atoms with Gasteiger partial charge >= 0.3 is 11.9 Å². The van der Waals surface area contributed by atoms with Crippen molar-refractivity contribution in [1.29, 1.82) is 0 Å². The highest BCUT2D eigenvalue weighted by Crippen LogP contribution is 2.22. The summed E-state index contributed by atoms with van der Waals surface area (Å²) in [6.45, 7) is 6.57. The van der Waals surface area contributed by atoms with Gasteiger partial charge in [-0.3, -0.25) is 14.3 Å². The van der Waals surface area contributed by atoms with E-state index in [4.69, 9.17) is 4.74 Å². The number of Topliss-reactive ketones (excluding diaryl/α,β-unsaturated/α-hetero) is 1. The van der Waals surface area contributed by atoms with Crippen LogP contribution in [0.3, 0.4) is 0 Å². The van der Waals surface area contributed by atoms with Crippen molar-refractivity contribution < 1.29 is 23.9 Å². The van der Waals surface area contributed by atoms with Gasteiger partial charge in [0.05, 0.1) is 18.2 Å². The molecule has 0 unspecified atom stereocenters. The quantitative estimate of drug-likeness (QED) is 0.631. The molecule has 0 atom stereocenters. The number of carbonyl (C=O) groups is 3. The zero-order valence-corrected chi connectivity index (χ0v) is 14.4. The number of benzene rings is 1. The van der Waals surface area contributed by atoms with Crippen molar-refractivity contribution in [2.24, 2.45) is 0 Å². The molecule has 0 aliphatic rings. The van der Waals surface area contributed by atoms with Crippen LogP contribution in [0.5, 0.6) is 0 Å². The first-order valence-corrected chi connectivity index (χ1v) is 7.44. The number of rotatable bonds is 4. The summed E-state index contributed by atoms with van der Waals surface area (Å²) in [7, 11) is 1.28. The third-order valence-corrected chi connectivity index (χ3v) is 3.20. The van der Waals surface area contributed by atoms with Crippen LogP contribution < -0.4 is 0 Å². The number of carbonyl (C=O) groups excluding carboxylic acids is 3. The van der Waals surface area contributed by atoms with Gasteiger partial charge in [0.25, 0.3) is 0 Å². The Balaban J connectivity index is 2.46. The van der Waals surface area contributed by atoms with E-state index < -0.39 is 17.5 Å². The lowest BCUT2D eigenvalue weighted by molar-refractivity contribution is -0.155. The van der Waals surface area contributed by atoms with E-state index in [1.165, 1.54) is 24.8 Å². The number of nitrogens with zero attached hydrogens (tertiary/aromatic N) is 2. The Labute approximate surface area is 139 Å². The van der Waals surface area contributed by atoms with Crippen LogP contribution in [-0.2, 0) is 20.8 Å².